The lowest BCUT2D eigenvalue weighted by atomic mass is 9.86. The van der Waals surface area contributed by atoms with Crippen LogP contribution in [0.1, 0.15) is 30.7 Å². The molecule has 0 saturated heterocycles. The standard InChI is InChI=1S/C16H15N5/c1-16(2,10-17)13-5-3-12(4-6-13)9-14-7-8-18-15-19-11-20-21(14)15/h3-8,11H,9H2,1-2H3. The van der Waals surface area contributed by atoms with Crippen LogP contribution in [0.15, 0.2) is 42.9 Å². The fraction of sp³-hybridized carbons (Fsp3) is 0.250. The second-order valence-electron chi connectivity index (χ2n) is 5.52. The number of hydrogen-bond donors (Lipinski definition) is 0. The molecule has 3 rings (SSSR count). The zero-order chi connectivity index (χ0) is 14.9. The fourth-order valence-electron chi connectivity index (χ4n) is 2.23. The van der Waals surface area contributed by atoms with Crippen molar-refractivity contribution in [1.82, 2.24) is 19.6 Å². The summed E-state index contributed by atoms with van der Waals surface area (Å²) < 4.78 is 1.74. The van der Waals surface area contributed by atoms with Crippen LogP contribution in [0.2, 0.25) is 0 Å². The molecule has 1 aromatic carbocycles. The summed E-state index contributed by atoms with van der Waals surface area (Å²) in [5.74, 6) is 0.606. The van der Waals surface area contributed by atoms with Gasteiger partial charge in [-0.15, -0.1) is 0 Å². The molecule has 0 bridgehead atoms. The lowest BCUT2D eigenvalue weighted by molar-refractivity contribution is 0.686. The van der Waals surface area contributed by atoms with Crippen molar-refractivity contribution < 1.29 is 0 Å². The van der Waals surface area contributed by atoms with Gasteiger partial charge in [-0.25, -0.2) is 9.50 Å². The van der Waals surface area contributed by atoms with Gasteiger partial charge in [0.1, 0.15) is 6.33 Å². The number of hydrogen-bond acceptors (Lipinski definition) is 4. The monoisotopic (exact) mass is 277 g/mol. The number of benzene rings is 1. The summed E-state index contributed by atoms with van der Waals surface area (Å²) in [5, 5.41) is 13.4. The van der Waals surface area contributed by atoms with Crippen LogP contribution >= 0.6 is 0 Å². The van der Waals surface area contributed by atoms with E-state index in [1.165, 1.54) is 6.33 Å². The van der Waals surface area contributed by atoms with Gasteiger partial charge in [-0.3, -0.25) is 0 Å². The van der Waals surface area contributed by atoms with Crippen molar-refractivity contribution in [2.75, 3.05) is 0 Å². The number of nitriles is 1. The Morgan fingerprint density at radius 1 is 1.14 bits per heavy atom. The molecule has 0 atom stereocenters. The Morgan fingerprint density at radius 3 is 2.62 bits per heavy atom. The van der Waals surface area contributed by atoms with E-state index < -0.39 is 5.41 Å². The first-order valence-corrected chi connectivity index (χ1v) is 6.74. The molecule has 0 fully saturated rings. The summed E-state index contributed by atoms with van der Waals surface area (Å²) >= 11 is 0. The zero-order valence-electron chi connectivity index (χ0n) is 12.0. The maximum absolute atomic E-state index is 9.17. The van der Waals surface area contributed by atoms with Crippen LogP contribution in [0.5, 0.6) is 0 Å². The third kappa shape index (κ3) is 2.48. The molecule has 0 radical (unpaired) electrons. The number of fused-ring (bicyclic) bond motifs is 1. The predicted octanol–water partition coefficient (Wildman–Crippen LogP) is 2.52. The van der Waals surface area contributed by atoms with Crippen molar-refractivity contribution in [3.63, 3.8) is 0 Å². The van der Waals surface area contributed by atoms with Crippen molar-refractivity contribution in [3.8, 4) is 6.07 Å². The lowest BCUT2D eigenvalue weighted by Crippen LogP contribution is -2.13. The Hall–Kier alpha value is -2.74. The highest BCUT2D eigenvalue weighted by Crippen LogP contribution is 2.22. The van der Waals surface area contributed by atoms with Crippen molar-refractivity contribution in [3.05, 3.63) is 59.7 Å². The number of rotatable bonds is 3. The molecule has 21 heavy (non-hydrogen) atoms. The first kappa shape index (κ1) is 13.3. The van der Waals surface area contributed by atoms with Gasteiger partial charge < -0.3 is 0 Å². The van der Waals surface area contributed by atoms with E-state index in [0.29, 0.717) is 5.78 Å². The van der Waals surface area contributed by atoms with E-state index in [-0.39, 0.29) is 0 Å². The minimum absolute atomic E-state index is 0.464. The molecule has 2 heterocycles. The van der Waals surface area contributed by atoms with Crippen LogP contribution in [0.4, 0.5) is 0 Å². The van der Waals surface area contributed by atoms with E-state index in [0.717, 1.165) is 23.2 Å². The first-order valence-electron chi connectivity index (χ1n) is 6.74. The Morgan fingerprint density at radius 2 is 1.90 bits per heavy atom. The van der Waals surface area contributed by atoms with Crippen LogP contribution < -0.4 is 0 Å². The summed E-state index contributed by atoms with van der Waals surface area (Å²) in [6, 6.07) is 12.4. The first-order chi connectivity index (χ1) is 10.1. The highest BCUT2D eigenvalue weighted by Gasteiger charge is 2.19. The molecule has 0 saturated carbocycles. The van der Waals surface area contributed by atoms with Crippen molar-refractivity contribution >= 4 is 5.78 Å². The molecule has 0 aliphatic heterocycles. The highest BCUT2D eigenvalue weighted by molar-refractivity contribution is 5.35. The number of aromatic nitrogens is 4. The van der Waals surface area contributed by atoms with Gasteiger partial charge in [0.05, 0.1) is 17.2 Å². The van der Waals surface area contributed by atoms with Gasteiger partial charge in [0, 0.05) is 12.6 Å². The summed E-state index contributed by atoms with van der Waals surface area (Å²) in [7, 11) is 0. The van der Waals surface area contributed by atoms with E-state index in [1.807, 2.05) is 32.0 Å². The summed E-state index contributed by atoms with van der Waals surface area (Å²) in [6.45, 7) is 3.84. The molecule has 0 spiro atoms. The zero-order valence-corrected chi connectivity index (χ0v) is 12.0. The fourth-order valence-corrected chi connectivity index (χ4v) is 2.23. The molecule has 3 aromatic rings. The second kappa shape index (κ2) is 4.98. The Bertz CT molecular complexity index is 809. The molecular formula is C16H15N5. The maximum Gasteiger partial charge on any atom is 0.252 e. The van der Waals surface area contributed by atoms with Crippen LogP contribution in [-0.2, 0) is 11.8 Å². The minimum Gasteiger partial charge on any atom is -0.220 e. The molecule has 104 valence electrons. The van der Waals surface area contributed by atoms with Crippen molar-refractivity contribution in [2.45, 2.75) is 25.7 Å². The SMILES string of the molecule is CC(C)(C#N)c1ccc(Cc2ccnc3ncnn23)cc1. The molecule has 2 aromatic heterocycles. The largest absolute Gasteiger partial charge is 0.252 e. The topological polar surface area (TPSA) is 66.9 Å². The Labute approximate surface area is 122 Å². The Balaban J connectivity index is 1.89. The summed E-state index contributed by atoms with van der Waals surface area (Å²) in [4.78, 5) is 8.24. The van der Waals surface area contributed by atoms with Crippen molar-refractivity contribution in [1.29, 1.82) is 5.26 Å². The van der Waals surface area contributed by atoms with Gasteiger partial charge in [-0.05, 0) is 31.0 Å². The third-order valence-corrected chi connectivity index (χ3v) is 3.60. The average molecular weight is 277 g/mol. The summed E-state index contributed by atoms with van der Waals surface area (Å²) in [5.41, 5.74) is 2.75. The molecule has 5 heteroatoms. The van der Waals surface area contributed by atoms with Gasteiger partial charge in [-0.1, -0.05) is 24.3 Å². The lowest BCUT2D eigenvalue weighted by Gasteiger charge is -2.16. The van der Waals surface area contributed by atoms with Crippen LogP contribution in [-0.4, -0.2) is 19.6 Å². The van der Waals surface area contributed by atoms with E-state index in [9.17, 15) is 5.26 Å². The van der Waals surface area contributed by atoms with E-state index in [1.54, 1.807) is 10.7 Å². The van der Waals surface area contributed by atoms with Crippen LogP contribution in [0.3, 0.4) is 0 Å². The van der Waals surface area contributed by atoms with Crippen LogP contribution in [0.25, 0.3) is 5.78 Å². The highest BCUT2D eigenvalue weighted by atomic mass is 15.3. The van der Waals surface area contributed by atoms with E-state index in [4.69, 9.17) is 0 Å². The quantitative estimate of drug-likeness (QED) is 0.737. The van der Waals surface area contributed by atoms with Crippen molar-refractivity contribution in [2.24, 2.45) is 0 Å². The minimum atomic E-state index is -0.464. The van der Waals surface area contributed by atoms with Gasteiger partial charge in [-0.2, -0.15) is 15.3 Å². The predicted molar refractivity (Wildman–Crippen MR) is 78.7 cm³/mol. The molecule has 5 nitrogen and oxygen atoms in total. The van der Waals surface area contributed by atoms with Gasteiger partial charge >= 0.3 is 0 Å². The number of nitrogens with zero attached hydrogens (tertiary/aromatic N) is 5. The van der Waals surface area contributed by atoms with E-state index >= 15 is 0 Å². The average Bonchev–Trinajstić information content (AvgIpc) is 2.97. The Kier molecular flexibility index (Phi) is 3.15. The van der Waals surface area contributed by atoms with Gasteiger partial charge in [0.2, 0.25) is 0 Å². The molecule has 0 aliphatic carbocycles. The van der Waals surface area contributed by atoms with Gasteiger partial charge in [0.15, 0.2) is 0 Å². The normalized spacial score (nSPS) is 11.5. The van der Waals surface area contributed by atoms with Gasteiger partial charge in [0.25, 0.3) is 5.78 Å². The molecule has 0 N–H and O–H groups in total. The molecule has 0 aliphatic rings. The maximum atomic E-state index is 9.17. The third-order valence-electron chi connectivity index (χ3n) is 3.60. The molecule has 0 unspecified atom stereocenters. The second-order valence-corrected chi connectivity index (χ2v) is 5.52. The molecular weight excluding hydrogens is 262 g/mol. The van der Waals surface area contributed by atoms with Crippen LogP contribution in [0, 0.1) is 11.3 Å². The smallest absolute Gasteiger partial charge is 0.220 e. The summed E-state index contributed by atoms with van der Waals surface area (Å²) in [6.07, 6.45) is 3.99. The molecule has 0 amide bonds. The van der Waals surface area contributed by atoms with E-state index in [2.05, 4.69) is 33.3 Å².